The van der Waals surface area contributed by atoms with E-state index < -0.39 is 0 Å². The van der Waals surface area contributed by atoms with Crippen LogP contribution in [0.2, 0.25) is 0 Å². The number of ether oxygens (including phenoxy) is 1. The summed E-state index contributed by atoms with van der Waals surface area (Å²) in [6, 6.07) is 0. The van der Waals surface area contributed by atoms with E-state index >= 15 is 0 Å². The first-order valence-corrected chi connectivity index (χ1v) is 7.40. The molecule has 3 saturated heterocycles. The largest absolute Gasteiger partial charge is 0.368 e. The van der Waals surface area contributed by atoms with Gasteiger partial charge in [-0.1, -0.05) is 0 Å². The van der Waals surface area contributed by atoms with E-state index in [0.29, 0.717) is 5.41 Å². The van der Waals surface area contributed by atoms with Crippen LogP contribution in [0.4, 0.5) is 0 Å². The van der Waals surface area contributed by atoms with Crippen molar-refractivity contribution in [1.29, 1.82) is 0 Å². The molecule has 1 spiro atoms. The lowest BCUT2D eigenvalue weighted by Gasteiger charge is -2.45. The van der Waals surface area contributed by atoms with Crippen molar-refractivity contribution in [2.45, 2.75) is 44.6 Å². The first-order valence-electron chi connectivity index (χ1n) is 7.40. The molecule has 3 fully saturated rings. The number of piperidine rings is 2. The van der Waals surface area contributed by atoms with Crippen molar-refractivity contribution in [3.8, 4) is 0 Å². The molecule has 18 heavy (non-hydrogen) atoms. The molecule has 102 valence electrons. The van der Waals surface area contributed by atoms with Gasteiger partial charge in [0.05, 0.1) is 0 Å². The van der Waals surface area contributed by atoms with E-state index in [4.69, 9.17) is 4.74 Å². The number of amides is 1. The van der Waals surface area contributed by atoms with E-state index in [2.05, 4.69) is 10.2 Å². The molecular formula is C14H24N2O2. The van der Waals surface area contributed by atoms with E-state index in [1.807, 2.05) is 0 Å². The molecule has 4 heteroatoms. The molecule has 1 N–H and O–H groups in total. The van der Waals surface area contributed by atoms with Crippen LogP contribution in [0.5, 0.6) is 0 Å². The van der Waals surface area contributed by atoms with Gasteiger partial charge in [-0.2, -0.15) is 0 Å². The molecule has 3 aliphatic rings. The summed E-state index contributed by atoms with van der Waals surface area (Å²) in [7, 11) is 0. The Morgan fingerprint density at radius 1 is 1.28 bits per heavy atom. The zero-order chi connectivity index (χ0) is 12.4. The zero-order valence-corrected chi connectivity index (χ0v) is 11.1. The van der Waals surface area contributed by atoms with Crippen molar-refractivity contribution in [1.82, 2.24) is 10.2 Å². The van der Waals surface area contributed by atoms with Crippen molar-refractivity contribution in [2.24, 2.45) is 5.41 Å². The van der Waals surface area contributed by atoms with Crippen molar-refractivity contribution >= 4 is 5.91 Å². The highest BCUT2D eigenvalue weighted by Gasteiger charge is 2.40. The molecule has 4 nitrogen and oxygen atoms in total. The fourth-order valence-electron chi connectivity index (χ4n) is 3.75. The van der Waals surface area contributed by atoms with Gasteiger partial charge in [-0.15, -0.1) is 0 Å². The lowest BCUT2D eigenvalue weighted by atomic mass is 9.74. The van der Waals surface area contributed by atoms with E-state index in [9.17, 15) is 4.79 Å². The average molecular weight is 252 g/mol. The summed E-state index contributed by atoms with van der Waals surface area (Å²) < 4.78 is 5.54. The van der Waals surface area contributed by atoms with Gasteiger partial charge in [-0.05, 0) is 45.1 Å². The van der Waals surface area contributed by atoms with Gasteiger partial charge >= 0.3 is 0 Å². The first kappa shape index (κ1) is 12.4. The topological polar surface area (TPSA) is 41.6 Å². The fraction of sp³-hybridized carbons (Fsp3) is 0.929. The summed E-state index contributed by atoms with van der Waals surface area (Å²) in [5.74, 6) is 0.247. The van der Waals surface area contributed by atoms with E-state index in [1.54, 1.807) is 0 Å². The lowest BCUT2D eigenvalue weighted by molar-refractivity contribution is -0.144. The van der Waals surface area contributed by atoms with Crippen LogP contribution in [-0.4, -0.2) is 49.7 Å². The van der Waals surface area contributed by atoms with Gasteiger partial charge in [0, 0.05) is 31.7 Å². The molecule has 3 aliphatic heterocycles. The highest BCUT2D eigenvalue weighted by Crippen LogP contribution is 2.36. The van der Waals surface area contributed by atoms with Gasteiger partial charge in [-0.3, -0.25) is 4.79 Å². The summed E-state index contributed by atoms with van der Waals surface area (Å²) in [5, 5.41) is 3.51. The summed E-state index contributed by atoms with van der Waals surface area (Å²) in [6.45, 7) is 4.86. The number of hydrogen-bond acceptors (Lipinski definition) is 3. The van der Waals surface area contributed by atoms with Crippen LogP contribution in [0.15, 0.2) is 0 Å². The second kappa shape index (κ2) is 5.17. The van der Waals surface area contributed by atoms with Gasteiger partial charge in [0.1, 0.15) is 6.10 Å². The predicted octanol–water partition coefficient (Wildman–Crippen LogP) is 1.16. The van der Waals surface area contributed by atoms with Crippen molar-refractivity contribution < 1.29 is 9.53 Å². The maximum atomic E-state index is 12.4. The molecule has 0 radical (unpaired) electrons. The Morgan fingerprint density at radius 3 is 2.89 bits per heavy atom. The summed E-state index contributed by atoms with van der Waals surface area (Å²) in [6.07, 6.45) is 6.77. The van der Waals surface area contributed by atoms with Crippen LogP contribution in [0.1, 0.15) is 38.5 Å². The molecule has 0 saturated carbocycles. The molecule has 0 aromatic carbocycles. The minimum Gasteiger partial charge on any atom is -0.368 e. The van der Waals surface area contributed by atoms with E-state index in [-0.39, 0.29) is 12.0 Å². The summed E-state index contributed by atoms with van der Waals surface area (Å²) in [5.41, 5.74) is 0.352. The zero-order valence-electron chi connectivity index (χ0n) is 11.1. The number of hydrogen-bond donors (Lipinski definition) is 1. The van der Waals surface area contributed by atoms with Crippen molar-refractivity contribution in [3.63, 3.8) is 0 Å². The Bertz CT molecular complexity index is 301. The van der Waals surface area contributed by atoms with Gasteiger partial charge in [-0.25, -0.2) is 0 Å². The summed E-state index contributed by atoms with van der Waals surface area (Å²) >= 11 is 0. The normalized spacial score (nSPS) is 37.1. The number of carbonyl (C=O) groups excluding carboxylic acids is 1. The molecule has 3 rings (SSSR count). The Morgan fingerprint density at radius 2 is 2.17 bits per heavy atom. The molecule has 2 atom stereocenters. The Balaban J connectivity index is 1.64. The van der Waals surface area contributed by atoms with E-state index in [0.717, 1.165) is 52.0 Å². The number of rotatable bonds is 1. The molecule has 0 unspecified atom stereocenters. The monoisotopic (exact) mass is 252 g/mol. The van der Waals surface area contributed by atoms with Crippen LogP contribution < -0.4 is 5.32 Å². The second-order valence-electron chi connectivity index (χ2n) is 6.15. The quantitative estimate of drug-likeness (QED) is 0.761. The number of nitrogens with zero attached hydrogens (tertiary/aromatic N) is 1. The third kappa shape index (κ3) is 2.41. The van der Waals surface area contributed by atoms with Crippen molar-refractivity contribution in [3.05, 3.63) is 0 Å². The number of nitrogens with one attached hydrogen (secondary N) is 1. The molecule has 0 bridgehead atoms. The maximum absolute atomic E-state index is 12.4. The standard InChI is InChI=1S/C14H24N2O2/c17-13(12-4-1-9-18-12)16-8-3-6-14(11-16)5-2-7-15-10-14/h12,15H,1-11H2/t12-,14+/m1/s1. The van der Waals surface area contributed by atoms with Crippen LogP contribution in [0, 0.1) is 5.41 Å². The summed E-state index contributed by atoms with van der Waals surface area (Å²) in [4.78, 5) is 14.5. The maximum Gasteiger partial charge on any atom is 0.251 e. The van der Waals surface area contributed by atoms with Gasteiger partial charge < -0.3 is 15.0 Å². The SMILES string of the molecule is O=C([C@H]1CCCO1)N1CCC[C@]2(CCCNC2)C1. The molecule has 3 heterocycles. The van der Waals surface area contributed by atoms with Crippen molar-refractivity contribution in [2.75, 3.05) is 32.8 Å². The van der Waals surface area contributed by atoms with Gasteiger partial charge in [0.15, 0.2) is 0 Å². The second-order valence-corrected chi connectivity index (χ2v) is 6.15. The minimum atomic E-state index is -0.142. The van der Waals surface area contributed by atoms with Crippen LogP contribution in [-0.2, 0) is 9.53 Å². The Labute approximate surface area is 109 Å². The van der Waals surface area contributed by atoms with Crippen LogP contribution >= 0.6 is 0 Å². The molecule has 1 amide bonds. The van der Waals surface area contributed by atoms with Gasteiger partial charge in [0.25, 0.3) is 5.91 Å². The third-order valence-electron chi connectivity index (χ3n) is 4.74. The highest BCUT2D eigenvalue weighted by atomic mass is 16.5. The van der Waals surface area contributed by atoms with Gasteiger partial charge in [0.2, 0.25) is 0 Å². The Kier molecular flexibility index (Phi) is 3.57. The molecular weight excluding hydrogens is 228 g/mol. The van der Waals surface area contributed by atoms with Crippen LogP contribution in [0.25, 0.3) is 0 Å². The predicted molar refractivity (Wildman–Crippen MR) is 69.3 cm³/mol. The van der Waals surface area contributed by atoms with E-state index in [1.165, 1.54) is 19.3 Å². The first-order chi connectivity index (χ1) is 8.79. The number of carbonyl (C=O) groups is 1. The Hall–Kier alpha value is -0.610. The highest BCUT2D eigenvalue weighted by molar-refractivity contribution is 5.81. The molecule has 0 aliphatic carbocycles. The van der Waals surface area contributed by atoms with Crippen LogP contribution in [0.3, 0.4) is 0 Å². The lowest BCUT2D eigenvalue weighted by Crippen LogP contribution is -2.54. The third-order valence-corrected chi connectivity index (χ3v) is 4.74. The molecule has 0 aromatic rings. The average Bonchev–Trinajstić information content (AvgIpc) is 2.93. The number of likely N-dealkylation sites (tertiary alicyclic amines) is 1. The fourth-order valence-corrected chi connectivity index (χ4v) is 3.75. The minimum absolute atomic E-state index is 0.142. The smallest absolute Gasteiger partial charge is 0.251 e. The molecule has 0 aromatic heterocycles.